The summed E-state index contributed by atoms with van der Waals surface area (Å²) in [6, 6.07) is 0. The molecule has 0 aliphatic heterocycles. The summed E-state index contributed by atoms with van der Waals surface area (Å²) in [5.74, 6) is 0.0521. The van der Waals surface area contributed by atoms with Crippen LogP contribution in [0.3, 0.4) is 0 Å². The van der Waals surface area contributed by atoms with Crippen LogP contribution >= 0.6 is 0 Å². The molecule has 0 rings (SSSR count). The van der Waals surface area contributed by atoms with E-state index in [1.54, 1.807) is 0 Å². The topological polar surface area (TPSA) is 43.4 Å². The predicted octanol–water partition coefficient (Wildman–Crippen LogP) is -0.161. The Bertz CT molecular complexity index is 135. The molecule has 0 unspecified atom stereocenters. The maximum atomic E-state index is 10.3. The molecular weight excluding hydrogens is 128 g/mol. The first-order chi connectivity index (χ1) is 3.56. The number of sulfone groups is 1. The van der Waals surface area contributed by atoms with Crippen molar-refractivity contribution in [1.82, 2.24) is 0 Å². The molecule has 0 aromatic heterocycles. The van der Waals surface area contributed by atoms with Crippen LogP contribution in [0.5, 0.6) is 0 Å². The van der Waals surface area contributed by atoms with Crippen LogP contribution < -0.4 is 0 Å². The Kier molecular flexibility index (Phi) is 3.01. The van der Waals surface area contributed by atoms with Crippen LogP contribution in [0, 0.1) is 7.11 Å². The third-order valence-electron chi connectivity index (χ3n) is 0.598. The molecule has 0 aliphatic carbocycles. The van der Waals surface area contributed by atoms with Crippen LogP contribution in [0.15, 0.2) is 0 Å². The van der Waals surface area contributed by atoms with Crippen molar-refractivity contribution in [2.45, 2.75) is 0 Å². The molecule has 0 aromatic rings. The van der Waals surface area contributed by atoms with Crippen molar-refractivity contribution in [2.75, 3.05) is 18.6 Å². The van der Waals surface area contributed by atoms with E-state index >= 15 is 0 Å². The van der Waals surface area contributed by atoms with Gasteiger partial charge < -0.3 is 4.74 Å². The molecule has 4 heteroatoms. The molecule has 50 valence electrons. The quantitative estimate of drug-likeness (QED) is 0.508. The van der Waals surface area contributed by atoms with Crippen molar-refractivity contribution < 1.29 is 13.2 Å². The maximum absolute atomic E-state index is 10.3. The van der Waals surface area contributed by atoms with Gasteiger partial charge in [-0.05, 0) is 0 Å². The van der Waals surface area contributed by atoms with E-state index in [4.69, 9.17) is 0 Å². The lowest BCUT2D eigenvalue weighted by Crippen LogP contribution is -2.07. The van der Waals surface area contributed by atoms with Gasteiger partial charge in [0.1, 0.15) is 9.84 Å². The Morgan fingerprint density at radius 3 is 2.25 bits per heavy atom. The third-order valence-corrected chi connectivity index (χ3v) is 1.51. The predicted molar refractivity (Wildman–Crippen MR) is 31.0 cm³/mol. The summed E-state index contributed by atoms with van der Waals surface area (Å²) < 4.78 is 24.9. The lowest BCUT2D eigenvalue weighted by Gasteiger charge is -1.99. The highest BCUT2D eigenvalue weighted by Crippen LogP contribution is 1.81. The van der Waals surface area contributed by atoms with E-state index in [1.807, 2.05) is 0 Å². The van der Waals surface area contributed by atoms with Gasteiger partial charge in [-0.1, -0.05) is 0 Å². The highest BCUT2D eigenvalue weighted by molar-refractivity contribution is 7.90. The summed E-state index contributed by atoms with van der Waals surface area (Å²) in [5, 5.41) is 0. The number of hydrogen-bond acceptors (Lipinski definition) is 3. The molecule has 0 spiro atoms. The van der Waals surface area contributed by atoms with Crippen molar-refractivity contribution in [3.8, 4) is 0 Å². The van der Waals surface area contributed by atoms with Crippen LogP contribution in [0.25, 0.3) is 0 Å². The minimum absolute atomic E-state index is 0.0521. The highest BCUT2D eigenvalue weighted by atomic mass is 32.2. The van der Waals surface area contributed by atoms with Gasteiger partial charge in [-0.2, -0.15) is 0 Å². The average molecular weight is 137 g/mol. The van der Waals surface area contributed by atoms with Crippen molar-refractivity contribution in [1.29, 1.82) is 0 Å². The third kappa shape index (κ3) is 5.91. The Balaban J connectivity index is 3.42. The molecule has 0 heterocycles. The van der Waals surface area contributed by atoms with E-state index in [9.17, 15) is 8.42 Å². The van der Waals surface area contributed by atoms with E-state index in [0.717, 1.165) is 6.26 Å². The lowest BCUT2D eigenvalue weighted by molar-refractivity contribution is 0.263. The molecule has 0 bridgehead atoms. The normalized spacial score (nSPS) is 11.8. The smallest absolute Gasteiger partial charge is 0.149 e. The monoisotopic (exact) mass is 137 g/mol. The van der Waals surface area contributed by atoms with E-state index in [1.165, 1.54) is 0 Å². The molecule has 3 nitrogen and oxygen atoms in total. The average Bonchev–Trinajstić information content (AvgIpc) is 1.59. The van der Waals surface area contributed by atoms with Gasteiger partial charge in [0.25, 0.3) is 0 Å². The van der Waals surface area contributed by atoms with Gasteiger partial charge in [0, 0.05) is 12.9 Å². The molecule has 0 amide bonds. The van der Waals surface area contributed by atoms with E-state index < -0.39 is 9.84 Å². The Labute approximate surface area is 49.6 Å². The van der Waals surface area contributed by atoms with Gasteiger partial charge in [0.15, 0.2) is 0 Å². The molecule has 8 heavy (non-hydrogen) atoms. The van der Waals surface area contributed by atoms with Crippen molar-refractivity contribution in [3.63, 3.8) is 0 Å². The molecule has 0 radical (unpaired) electrons. The van der Waals surface area contributed by atoms with Gasteiger partial charge in [0.05, 0.1) is 5.75 Å². The Morgan fingerprint density at radius 1 is 1.62 bits per heavy atom. The first-order valence-electron chi connectivity index (χ1n) is 2.11. The van der Waals surface area contributed by atoms with Crippen molar-refractivity contribution in [3.05, 3.63) is 7.11 Å². The molecule has 0 aromatic carbocycles. The zero-order valence-electron chi connectivity index (χ0n) is 4.75. The second-order valence-corrected chi connectivity index (χ2v) is 3.80. The number of hydrogen-bond donors (Lipinski definition) is 0. The van der Waals surface area contributed by atoms with E-state index in [0.29, 0.717) is 0 Å². The van der Waals surface area contributed by atoms with Crippen molar-refractivity contribution in [2.24, 2.45) is 0 Å². The summed E-state index contributed by atoms with van der Waals surface area (Å²) in [4.78, 5) is 0. The van der Waals surface area contributed by atoms with Crippen LogP contribution in [0.4, 0.5) is 0 Å². The van der Waals surface area contributed by atoms with Crippen LogP contribution in [-0.2, 0) is 14.6 Å². The largest absolute Gasteiger partial charge is 0.554 e. The minimum atomic E-state index is -2.85. The summed E-state index contributed by atoms with van der Waals surface area (Å²) in [6.07, 6.45) is 1.16. The van der Waals surface area contributed by atoms with Crippen LogP contribution in [-0.4, -0.2) is 27.0 Å². The molecule has 0 N–H and O–H groups in total. The molecule has 0 aliphatic rings. The first kappa shape index (κ1) is 7.91. The fraction of sp³-hybridized carbons (Fsp3) is 0.750. The van der Waals surface area contributed by atoms with E-state index in [-0.39, 0.29) is 12.4 Å². The SMILES string of the molecule is [CH2-]OCCS(C)(=O)=O. The Morgan fingerprint density at radius 2 is 2.12 bits per heavy atom. The second-order valence-electron chi connectivity index (χ2n) is 1.54. The summed E-state index contributed by atoms with van der Waals surface area (Å²) in [6.45, 7) is 0.179. The minimum Gasteiger partial charge on any atom is -0.554 e. The van der Waals surface area contributed by atoms with Gasteiger partial charge in [-0.25, -0.2) is 15.5 Å². The van der Waals surface area contributed by atoms with Gasteiger partial charge in [0.2, 0.25) is 0 Å². The highest BCUT2D eigenvalue weighted by Gasteiger charge is 1.96. The fourth-order valence-electron chi connectivity index (χ4n) is 0.210. The second kappa shape index (κ2) is 3.04. The van der Waals surface area contributed by atoms with Crippen LogP contribution in [0.1, 0.15) is 0 Å². The van der Waals surface area contributed by atoms with Gasteiger partial charge >= 0.3 is 0 Å². The van der Waals surface area contributed by atoms with Crippen LogP contribution in [0.2, 0.25) is 0 Å². The van der Waals surface area contributed by atoms with Crippen molar-refractivity contribution >= 4 is 9.84 Å². The zero-order chi connectivity index (χ0) is 6.62. The Hall–Kier alpha value is -0.0900. The summed E-state index contributed by atoms with van der Waals surface area (Å²) >= 11 is 0. The van der Waals surface area contributed by atoms with Gasteiger partial charge in [-0.3, -0.25) is 0 Å². The number of rotatable bonds is 3. The molecule has 0 fully saturated rings. The number of ether oxygens (including phenoxy) is 1. The first-order valence-corrected chi connectivity index (χ1v) is 4.17. The van der Waals surface area contributed by atoms with Gasteiger partial charge in [-0.15, -0.1) is 0 Å². The van der Waals surface area contributed by atoms with E-state index in [2.05, 4.69) is 11.8 Å². The summed E-state index contributed by atoms with van der Waals surface area (Å²) in [5.41, 5.74) is 0. The summed E-state index contributed by atoms with van der Waals surface area (Å²) in [7, 11) is 0.173. The molecule has 0 saturated heterocycles. The fourth-order valence-corrected chi connectivity index (χ4v) is 0.631. The molecular formula is C4H9O3S-. The molecule has 0 saturated carbocycles. The standard InChI is InChI=1S/C4H9O3S/c1-7-3-4-8(2,5)6/h1,3-4H2,2H3/q-1. The lowest BCUT2D eigenvalue weighted by atomic mass is 10.9. The maximum Gasteiger partial charge on any atom is 0.149 e. The zero-order valence-corrected chi connectivity index (χ0v) is 5.57. The molecule has 0 atom stereocenters.